The molecule has 3 aromatic heterocycles. The average Bonchev–Trinajstić information content (AvgIpc) is 2.76. The summed E-state index contributed by atoms with van der Waals surface area (Å²) in [6, 6.07) is 11.2. The van der Waals surface area contributed by atoms with E-state index in [-0.39, 0.29) is 17.5 Å². The minimum atomic E-state index is -0.193. The molecule has 8 nitrogen and oxygen atoms in total. The molecule has 3 N–H and O–H groups in total. The van der Waals surface area contributed by atoms with Crippen molar-refractivity contribution in [3.63, 3.8) is 0 Å². The third-order valence-corrected chi connectivity index (χ3v) is 4.89. The van der Waals surface area contributed by atoms with Crippen molar-refractivity contribution in [2.75, 3.05) is 30.8 Å². The molecule has 0 saturated carbocycles. The zero-order valence-electron chi connectivity index (χ0n) is 16.5. The van der Waals surface area contributed by atoms with Crippen molar-refractivity contribution < 1.29 is 4.79 Å². The number of carbonyl (C=O) groups excluding carboxylic acids is 1. The second-order valence-corrected chi connectivity index (χ2v) is 6.98. The van der Waals surface area contributed by atoms with Crippen molar-refractivity contribution in [1.82, 2.24) is 19.9 Å². The highest BCUT2D eigenvalue weighted by Crippen LogP contribution is 2.22. The van der Waals surface area contributed by atoms with Crippen molar-refractivity contribution >= 4 is 23.5 Å². The van der Waals surface area contributed by atoms with E-state index in [2.05, 4.69) is 25.6 Å². The fourth-order valence-corrected chi connectivity index (χ4v) is 3.21. The van der Waals surface area contributed by atoms with Crippen molar-refractivity contribution in [1.29, 1.82) is 0 Å². The van der Waals surface area contributed by atoms with Gasteiger partial charge in [-0.05, 0) is 42.0 Å². The maximum absolute atomic E-state index is 12.3. The molecular formula is C22H22N6O2. The van der Waals surface area contributed by atoms with Crippen LogP contribution in [0.2, 0.25) is 0 Å². The molecule has 8 heteroatoms. The number of hydrogen-bond acceptors (Lipinski definition) is 6. The SMILES string of the molecule is CNc1cc(-c2c[nH]c(=O)c(NC3CN(C(=O)C=Cc4ccccn4)C3)c2)ccn1. The molecule has 4 rings (SSSR count). The van der Waals surface area contributed by atoms with Crippen LogP contribution in [0, 0.1) is 0 Å². The van der Waals surface area contributed by atoms with Gasteiger partial charge in [0.1, 0.15) is 11.5 Å². The number of anilines is 2. The molecule has 0 aliphatic carbocycles. The van der Waals surface area contributed by atoms with Crippen molar-refractivity contribution in [3.8, 4) is 11.1 Å². The standard InChI is InChI=1S/C22H22N6O2/c1-23-20-11-15(7-9-25-20)16-10-19(22(30)26-12-16)27-18-13-28(14-18)21(29)6-5-17-4-2-3-8-24-17/h2-12,18,27H,13-14H2,1H3,(H,23,25)(H,26,30). The highest BCUT2D eigenvalue weighted by atomic mass is 16.2. The number of nitrogens with one attached hydrogen (secondary N) is 3. The van der Waals surface area contributed by atoms with Gasteiger partial charge >= 0.3 is 0 Å². The predicted molar refractivity (Wildman–Crippen MR) is 117 cm³/mol. The van der Waals surface area contributed by atoms with E-state index in [9.17, 15) is 9.59 Å². The fourth-order valence-electron chi connectivity index (χ4n) is 3.21. The number of likely N-dealkylation sites (tertiary alicyclic amines) is 1. The molecule has 1 fully saturated rings. The van der Waals surface area contributed by atoms with E-state index in [1.807, 2.05) is 36.4 Å². The molecule has 0 aromatic carbocycles. The second-order valence-electron chi connectivity index (χ2n) is 6.98. The molecular weight excluding hydrogens is 380 g/mol. The summed E-state index contributed by atoms with van der Waals surface area (Å²) in [5.74, 6) is 0.679. The van der Waals surface area contributed by atoms with E-state index in [0.29, 0.717) is 18.8 Å². The first-order valence-electron chi connectivity index (χ1n) is 9.64. The lowest BCUT2D eigenvalue weighted by molar-refractivity contribution is -0.129. The fraction of sp³-hybridized carbons (Fsp3) is 0.182. The van der Waals surface area contributed by atoms with Gasteiger partial charge in [-0.3, -0.25) is 14.6 Å². The molecule has 1 amide bonds. The molecule has 0 bridgehead atoms. The molecule has 30 heavy (non-hydrogen) atoms. The Balaban J connectivity index is 1.38. The van der Waals surface area contributed by atoms with Crippen LogP contribution in [0.3, 0.4) is 0 Å². The van der Waals surface area contributed by atoms with Gasteiger partial charge < -0.3 is 20.5 Å². The lowest BCUT2D eigenvalue weighted by Gasteiger charge is -2.39. The monoisotopic (exact) mass is 402 g/mol. The summed E-state index contributed by atoms with van der Waals surface area (Å²) in [7, 11) is 1.81. The zero-order valence-corrected chi connectivity index (χ0v) is 16.5. The predicted octanol–water partition coefficient (Wildman–Crippen LogP) is 2.21. The van der Waals surface area contributed by atoms with Crippen molar-refractivity contribution in [3.05, 3.63) is 77.1 Å². The number of aromatic amines is 1. The van der Waals surface area contributed by atoms with Gasteiger partial charge in [0, 0.05) is 50.4 Å². The highest BCUT2D eigenvalue weighted by molar-refractivity contribution is 5.92. The van der Waals surface area contributed by atoms with Crippen LogP contribution in [0.4, 0.5) is 11.5 Å². The van der Waals surface area contributed by atoms with E-state index in [4.69, 9.17) is 0 Å². The smallest absolute Gasteiger partial charge is 0.271 e. The molecule has 0 atom stereocenters. The molecule has 1 saturated heterocycles. The van der Waals surface area contributed by atoms with Crippen LogP contribution >= 0.6 is 0 Å². The quantitative estimate of drug-likeness (QED) is 0.547. The molecule has 1 aliphatic heterocycles. The summed E-state index contributed by atoms with van der Waals surface area (Å²) < 4.78 is 0. The number of pyridine rings is 3. The second kappa shape index (κ2) is 8.60. The first-order valence-corrected chi connectivity index (χ1v) is 9.64. The number of nitrogens with zero attached hydrogens (tertiary/aromatic N) is 3. The first-order chi connectivity index (χ1) is 14.6. The Morgan fingerprint density at radius 1 is 1.17 bits per heavy atom. The van der Waals surface area contributed by atoms with Crippen molar-refractivity contribution in [2.24, 2.45) is 0 Å². The lowest BCUT2D eigenvalue weighted by Crippen LogP contribution is -2.57. The van der Waals surface area contributed by atoms with E-state index < -0.39 is 0 Å². The average molecular weight is 402 g/mol. The van der Waals surface area contributed by atoms with Gasteiger partial charge in [0.15, 0.2) is 0 Å². The molecule has 4 heterocycles. The van der Waals surface area contributed by atoms with Crippen LogP contribution in [-0.4, -0.2) is 51.9 Å². The van der Waals surface area contributed by atoms with Crippen LogP contribution in [0.15, 0.2) is 65.9 Å². The molecule has 0 radical (unpaired) electrons. The van der Waals surface area contributed by atoms with Gasteiger partial charge in [-0.2, -0.15) is 0 Å². The summed E-state index contributed by atoms with van der Waals surface area (Å²) in [5.41, 5.74) is 2.85. The maximum atomic E-state index is 12.3. The van der Waals surface area contributed by atoms with Crippen LogP contribution in [0.5, 0.6) is 0 Å². The minimum Gasteiger partial charge on any atom is -0.374 e. The van der Waals surface area contributed by atoms with Crippen molar-refractivity contribution in [2.45, 2.75) is 6.04 Å². The number of aromatic nitrogens is 3. The summed E-state index contributed by atoms with van der Waals surface area (Å²) in [4.78, 5) is 37.4. The Labute approximate surface area is 173 Å². The summed E-state index contributed by atoms with van der Waals surface area (Å²) >= 11 is 0. The molecule has 1 aliphatic rings. The van der Waals surface area contributed by atoms with Gasteiger partial charge in [0.05, 0.1) is 11.7 Å². The van der Waals surface area contributed by atoms with Gasteiger partial charge in [-0.25, -0.2) is 4.98 Å². The molecule has 0 unspecified atom stereocenters. The van der Waals surface area contributed by atoms with Crippen LogP contribution in [-0.2, 0) is 4.79 Å². The normalized spacial score (nSPS) is 13.8. The van der Waals surface area contributed by atoms with Crippen LogP contribution in [0.25, 0.3) is 17.2 Å². The zero-order chi connectivity index (χ0) is 20.9. The minimum absolute atomic E-state index is 0.0267. The largest absolute Gasteiger partial charge is 0.374 e. The lowest BCUT2D eigenvalue weighted by atomic mass is 10.1. The summed E-state index contributed by atoms with van der Waals surface area (Å²) in [6.45, 7) is 1.07. The third-order valence-electron chi connectivity index (χ3n) is 4.89. The third kappa shape index (κ3) is 4.38. The summed E-state index contributed by atoms with van der Waals surface area (Å²) in [5, 5.41) is 6.24. The van der Waals surface area contributed by atoms with E-state index in [0.717, 1.165) is 22.6 Å². The molecule has 152 valence electrons. The number of carbonyl (C=O) groups is 1. The van der Waals surface area contributed by atoms with E-state index in [1.54, 1.807) is 36.6 Å². The summed E-state index contributed by atoms with van der Waals surface area (Å²) in [6.07, 6.45) is 8.31. The maximum Gasteiger partial charge on any atom is 0.271 e. The Morgan fingerprint density at radius 2 is 2.03 bits per heavy atom. The van der Waals surface area contributed by atoms with Gasteiger partial charge in [-0.1, -0.05) is 6.07 Å². The number of rotatable bonds is 6. The Kier molecular flexibility index (Phi) is 5.56. The van der Waals surface area contributed by atoms with Crippen LogP contribution < -0.4 is 16.2 Å². The van der Waals surface area contributed by atoms with Gasteiger partial charge in [0.25, 0.3) is 5.56 Å². The Hall–Kier alpha value is -3.94. The first kappa shape index (κ1) is 19.4. The van der Waals surface area contributed by atoms with E-state index >= 15 is 0 Å². The molecule has 0 spiro atoms. The highest BCUT2D eigenvalue weighted by Gasteiger charge is 2.29. The number of amides is 1. The number of H-pyrrole nitrogens is 1. The topological polar surface area (TPSA) is 103 Å². The Morgan fingerprint density at radius 3 is 2.80 bits per heavy atom. The van der Waals surface area contributed by atoms with E-state index in [1.165, 1.54) is 6.08 Å². The molecule has 3 aromatic rings. The number of hydrogen-bond donors (Lipinski definition) is 3. The Bertz CT molecular complexity index is 1120. The van der Waals surface area contributed by atoms with Crippen LogP contribution in [0.1, 0.15) is 5.69 Å². The van der Waals surface area contributed by atoms with Gasteiger partial charge in [0.2, 0.25) is 5.91 Å². The van der Waals surface area contributed by atoms with Gasteiger partial charge in [-0.15, -0.1) is 0 Å².